The lowest BCUT2D eigenvalue weighted by Gasteiger charge is -2.03. The zero-order chi connectivity index (χ0) is 11.7. The number of hydrogen-bond acceptors (Lipinski definition) is 4. The molecule has 7 heteroatoms. The zero-order valence-electron chi connectivity index (χ0n) is 7.54. The van der Waals surface area contributed by atoms with E-state index in [1.54, 1.807) is 0 Å². The first-order valence-electron chi connectivity index (χ1n) is 3.72. The molecule has 7 nitrogen and oxygen atoms in total. The van der Waals surface area contributed by atoms with Gasteiger partial charge in [0, 0.05) is 18.4 Å². The summed E-state index contributed by atoms with van der Waals surface area (Å²) >= 11 is 0. The van der Waals surface area contributed by atoms with Crippen molar-refractivity contribution in [1.82, 2.24) is 5.32 Å². The molecule has 0 aromatic rings. The van der Waals surface area contributed by atoms with E-state index in [2.05, 4.69) is 10.1 Å². The molecule has 82 valence electrons. The summed E-state index contributed by atoms with van der Waals surface area (Å²) in [7, 11) is 0. The molecule has 0 radical (unpaired) electrons. The van der Waals surface area contributed by atoms with Gasteiger partial charge in [0.2, 0.25) is 0 Å². The fourth-order valence-electron chi connectivity index (χ4n) is 0.483. The molecule has 0 aliphatic carbocycles. The van der Waals surface area contributed by atoms with Crippen molar-refractivity contribution >= 4 is 17.8 Å². The molecule has 0 atom stereocenters. The van der Waals surface area contributed by atoms with E-state index in [0.29, 0.717) is 12.2 Å². The molecule has 0 bridgehead atoms. The van der Waals surface area contributed by atoms with Crippen LogP contribution in [0.15, 0.2) is 24.6 Å². The smallest absolute Gasteiger partial charge is 0.328 e. The van der Waals surface area contributed by atoms with Gasteiger partial charge < -0.3 is 20.3 Å². The first kappa shape index (κ1) is 12.7. The Morgan fingerprint density at radius 2 is 1.87 bits per heavy atom. The van der Waals surface area contributed by atoms with Crippen LogP contribution in [-0.4, -0.2) is 34.7 Å². The van der Waals surface area contributed by atoms with Gasteiger partial charge >= 0.3 is 11.9 Å². The number of hydrogen-bond donors (Lipinski definition) is 3. The van der Waals surface area contributed by atoms with Gasteiger partial charge in [0.25, 0.3) is 5.91 Å². The minimum absolute atomic E-state index is 0.0949. The van der Waals surface area contributed by atoms with Gasteiger partial charge in [0.05, 0.1) is 6.26 Å². The van der Waals surface area contributed by atoms with Crippen molar-refractivity contribution in [3.8, 4) is 0 Å². The lowest BCUT2D eigenvalue weighted by molar-refractivity contribution is -0.134. The van der Waals surface area contributed by atoms with Crippen molar-refractivity contribution in [2.24, 2.45) is 0 Å². The second-order valence-corrected chi connectivity index (χ2v) is 2.19. The van der Waals surface area contributed by atoms with Crippen LogP contribution in [0.1, 0.15) is 0 Å². The van der Waals surface area contributed by atoms with Crippen molar-refractivity contribution in [3.63, 3.8) is 0 Å². The van der Waals surface area contributed by atoms with Crippen LogP contribution >= 0.6 is 0 Å². The van der Waals surface area contributed by atoms with Crippen LogP contribution in [0, 0.1) is 0 Å². The molecule has 1 rings (SSSR count). The fraction of sp³-hybridized carbons (Fsp3) is 0.125. The quantitative estimate of drug-likeness (QED) is 0.526. The van der Waals surface area contributed by atoms with Gasteiger partial charge in [-0.05, 0) is 0 Å². The van der Waals surface area contributed by atoms with Crippen molar-refractivity contribution in [3.05, 3.63) is 24.6 Å². The Balaban J connectivity index is 0.000000262. The van der Waals surface area contributed by atoms with Gasteiger partial charge in [-0.3, -0.25) is 4.79 Å². The van der Waals surface area contributed by atoms with Gasteiger partial charge in [-0.25, -0.2) is 9.59 Å². The van der Waals surface area contributed by atoms with Crippen LogP contribution < -0.4 is 5.32 Å². The van der Waals surface area contributed by atoms with Crippen molar-refractivity contribution in [2.75, 3.05) is 6.61 Å². The molecular weight excluding hydrogens is 206 g/mol. The highest BCUT2D eigenvalue weighted by atomic mass is 16.5. The minimum atomic E-state index is -1.26. The maximum Gasteiger partial charge on any atom is 0.328 e. The summed E-state index contributed by atoms with van der Waals surface area (Å²) in [5.74, 6) is -2.61. The van der Waals surface area contributed by atoms with Crippen molar-refractivity contribution < 1.29 is 29.3 Å². The number of rotatable bonds is 2. The Morgan fingerprint density at radius 3 is 2.07 bits per heavy atom. The van der Waals surface area contributed by atoms with Gasteiger partial charge in [0.15, 0.2) is 6.61 Å². The Hall–Kier alpha value is -2.31. The predicted molar refractivity (Wildman–Crippen MR) is 47.6 cm³/mol. The summed E-state index contributed by atoms with van der Waals surface area (Å²) in [6, 6.07) is 0. The lowest BCUT2D eigenvalue weighted by Crippen LogP contribution is -2.24. The molecule has 0 aromatic heterocycles. The third-order valence-electron chi connectivity index (χ3n) is 0.992. The summed E-state index contributed by atoms with van der Waals surface area (Å²) in [6.07, 6.45) is 4.03. The van der Waals surface area contributed by atoms with E-state index in [1.165, 1.54) is 12.5 Å². The molecule has 1 amide bonds. The molecular formula is C8H9NO6. The Labute approximate surface area is 84.7 Å². The lowest BCUT2D eigenvalue weighted by atomic mass is 10.5. The summed E-state index contributed by atoms with van der Waals surface area (Å²) in [5.41, 5.74) is 0. The van der Waals surface area contributed by atoms with Gasteiger partial charge in [-0.15, -0.1) is 0 Å². The largest absolute Gasteiger partial charge is 0.490 e. The first-order chi connectivity index (χ1) is 7.02. The van der Waals surface area contributed by atoms with E-state index in [-0.39, 0.29) is 12.5 Å². The number of nitrogens with one attached hydrogen (secondary N) is 1. The van der Waals surface area contributed by atoms with E-state index in [9.17, 15) is 14.4 Å². The molecule has 1 heterocycles. The molecule has 0 fully saturated rings. The summed E-state index contributed by atoms with van der Waals surface area (Å²) in [6.45, 7) is 0.149. The summed E-state index contributed by atoms with van der Waals surface area (Å²) in [4.78, 5) is 29.3. The maximum atomic E-state index is 10.2. The van der Waals surface area contributed by atoms with Crippen molar-refractivity contribution in [1.29, 1.82) is 0 Å². The Bertz CT molecular complexity index is 290. The second kappa shape index (κ2) is 7.13. The number of ether oxygens (including phenoxy) is 1. The number of aliphatic carboxylic acids is 2. The normalized spacial score (nSPS) is 13.5. The number of carboxylic acids is 2. The highest BCUT2D eigenvalue weighted by molar-refractivity contribution is 5.89. The van der Waals surface area contributed by atoms with Crippen LogP contribution in [0.2, 0.25) is 0 Å². The molecule has 0 spiro atoms. The maximum absolute atomic E-state index is 10.2. The highest BCUT2D eigenvalue weighted by Crippen LogP contribution is 1.81. The third-order valence-corrected chi connectivity index (χ3v) is 0.992. The van der Waals surface area contributed by atoms with E-state index in [1.807, 2.05) is 0 Å². The average Bonchev–Trinajstić information content (AvgIpc) is 2.17. The van der Waals surface area contributed by atoms with Crippen LogP contribution in [0.5, 0.6) is 0 Å². The Morgan fingerprint density at radius 1 is 1.33 bits per heavy atom. The molecule has 1 aliphatic rings. The second-order valence-electron chi connectivity index (χ2n) is 2.19. The zero-order valence-corrected chi connectivity index (χ0v) is 7.54. The van der Waals surface area contributed by atoms with E-state index >= 15 is 0 Å². The molecule has 3 N–H and O–H groups in total. The molecule has 15 heavy (non-hydrogen) atoms. The standard InChI is InChI=1S/C4H5NO2.C4H4O4/c6-4-3-7-2-1-5-4;5-3(6)1-2-4(7)8/h1-2H,3H2,(H,5,6);1-2H,(H,5,6)(H,7,8). The van der Waals surface area contributed by atoms with E-state index in [0.717, 1.165) is 0 Å². The third kappa shape index (κ3) is 9.61. The van der Waals surface area contributed by atoms with Crippen LogP contribution in [0.25, 0.3) is 0 Å². The summed E-state index contributed by atoms with van der Waals surface area (Å²) in [5, 5.41) is 18.1. The van der Waals surface area contributed by atoms with Gasteiger partial charge in [-0.2, -0.15) is 0 Å². The Kier molecular flexibility index (Phi) is 6.03. The average molecular weight is 215 g/mol. The fourth-order valence-corrected chi connectivity index (χ4v) is 0.483. The number of amides is 1. The molecule has 0 aromatic carbocycles. The van der Waals surface area contributed by atoms with Crippen LogP contribution in [0.4, 0.5) is 0 Å². The molecule has 0 saturated heterocycles. The number of carbonyl (C=O) groups excluding carboxylic acids is 1. The number of carbonyl (C=O) groups is 3. The van der Waals surface area contributed by atoms with Crippen LogP contribution in [0.3, 0.4) is 0 Å². The van der Waals surface area contributed by atoms with Gasteiger partial charge in [0.1, 0.15) is 0 Å². The monoisotopic (exact) mass is 215 g/mol. The first-order valence-corrected chi connectivity index (χ1v) is 3.72. The highest BCUT2D eigenvalue weighted by Gasteiger charge is 1.99. The molecule has 0 saturated carbocycles. The topological polar surface area (TPSA) is 113 Å². The summed E-state index contributed by atoms with van der Waals surface area (Å²) < 4.78 is 4.59. The van der Waals surface area contributed by atoms with E-state index < -0.39 is 11.9 Å². The number of carboxylic acid groups (broad SMARTS) is 2. The minimum Gasteiger partial charge on any atom is -0.490 e. The van der Waals surface area contributed by atoms with Crippen molar-refractivity contribution in [2.45, 2.75) is 0 Å². The van der Waals surface area contributed by atoms with Crippen LogP contribution in [-0.2, 0) is 19.1 Å². The predicted octanol–water partition coefficient (Wildman–Crippen LogP) is -0.684. The van der Waals surface area contributed by atoms with Gasteiger partial charge in [-0.1, -0.05) is 0 Å². The molecule has 0 unspecified atom stereocenters. The molecule has 1 aliphatic heterocycles. The van der Waals surface area contributed by atoms with E-state index in [4.69, 9.17) is 10.2 Å². The SMILES string of the molecule is O=C(O)C=CC(=O)O.O=C1COC=CN1.